The summed E-state index contributed by atoms with van der Waals surface area (Å²) in [4.78, 5) is 25.9. The molecule has 3 rings (SSSR count). The highest BCUT2D eigenvalue weighted by atomic mass is 16.2. The average molecular weight is 294 g/mol. The summed E-state index contributed by atoms with van der Waals surface area (Å²) in [5.41, 5.74) is -0.336. The molecule has 3 aliphatic heterocycles. The molecule has 6 nitrogen and oxygen atoms in total. The second-order valence-electron chi connectivity index (χ2n) is 7.40. The van der Waals surface area contributed by atoms with Crippen molar-refractivity contribution in [2.45, 2.75) is 38.6 Å². The minimum atomic E-state index is -0.720. The molecule has 2 unspecified atom stereocenters. The normalized spacial score (nSPS) is 38.6. The first-order chi connectivity index (χ1) is 9.91. The van der Waals surface area contributed by atoms with Crippen LogP contribution in [0.25, 0.3) is 0 Å². The predicted octanol–water partition coefficient (Wildman–Crippen LogP) is 0.296. The first kappa shape index (κ1) is 14.8. The molecule has 3 heterocycles. The van der Waals surface area contributed by atoms with Crippen molar-refractivity contribution < 1.29 is 9.59 Å². The Morgan fingerprint density at radius 1 is 1.24 bits per heavy atom. The van der Waals surface area contributed by atoms with Gasteiger partial charge in [0.1, 0.15) is 5.54 Å². The molecule has 3 amide bonds. The number of hydrogen-bond acceptors (Lipinski definition) is 4. The summed E-state index contributed by atoms with van der Waals surface area (Å²) in [6.07, 6.45) is 3.17. The van der Waals surface area contributed by atoms with Crippen LogP contribution in [0.1, 0.15) is 33.1 Å². The molecular formula is C15H26N4O2. The quantitative estimate of drug-likeness (QED) is 0.655. The summed E-state index contributed by atoms with van der Waals surface area (Å²) >= 11 is 0. The Bertz CT molecular complexity index is 439. The van der Waals surface area contributed by atoms with Crippen LogP contribution in [-0.4, -0.2) is 55.1 Å². The van der Waals surface area contributed by atoms with Crippen molar-refractivity contribution in [2.75, 3.05) is 32.7 Å². The van der Waals surface area contributed by atoms with E-state index in [1.807, 2.05) is 6.92 Å². The van der Waals surface area contributed by atoms with Crippen LogP contribution in [0, 0.1) is 11.3 Å². The fraction of sp³-hybridized carbons (Fsp3) is 0.867. The van der Waals surface area contributed by atoms with Gasteiger partial charge in [0.2, 0.25) is 0 Å². The first-order valence-corrected chi connectivity index (χ1v) is 7.98. The van der Waals surface area contributed by atoms with Gasteiger partial charge in [0.15, 0.2) is 0 Å². The van der Waals surface area contributed by atoms with E-state index in [-0.39, 0.29) is 17.9 Å². The fourth-order valence-corrected chi connectivity index (χ4v) is 4.06. The molecule has 2 atom stereocenters. The van der Waals surface area contributed by atoms with Crippen LogP contribution in [0.3, 0.4) is 0 Å². The third kappa shape index (κ3) is 2.79. The van der Waals surface area contributed by atoms with Gasteiger partial charge in [-0.15, -0.1) is 0 Å². The molecule has 0 bridgehead atoms. The monoisotopic (exact) mass is 294 g/mol. The first-order valence-electron chi connectivity index (χ1n) is 7.98. The summed E-state index contributed by atoms with van der Waals surface area (Å²) in [5, 5.41) is 8.63. The van der Waals surface area contributed by atoms with Gasteiger partial charge in [-0.05, 0) is 57.2 Å². The van der Waals surface area contributed by atoms with Crippen LogP contribution >= 0.6 is 0 Å². The van der Waals surface area contributed by atoms with Gasteiger partial charge < -0.3 is 15.5 Å². The van der Waals surface area contributed by atoms with Crippen molar-refractivity contribution in [3.05, 3.63) is 0 Å². The zero-order chi connectivity index (χ0) is 15.1. The lowest BCUT2D eigenvalue weighted by Crippen LogP contribution is -2.54. The number of carbonyl (C=O) groups excluding carboxylic acids is 2. The van der Waals surface area contributed by atoms with Crippen LogP contribution in [-0.2, 0) is 4.79 Å². The largest absolute Gasteiger partial charge is 0.323 e. The number of piperidine rings is 1. The van der Waals surface area contributed by atoms with E-state index in [4.69, 9.17) is 0 Å². The maximum absolute atomic E-state index is 12.0. The smallest absolute Gasteiger partial charge is 0.322 e. The third-order valence-electron chi connectivity index (χ3n) is 5.54. The average Bonchev–Trinajstić information content (AvgIpc) is 2.95. The molecule has 0 aliphatic carbocycles. The van der Waals surface area contributed by atoms with Crippen LogP contribution in [0.15, 0.2) is 0 Å². The number of likely N-dealkylation sites (tertiary alicyclic amines) is 1. The van der Waals surface area contributed by atoms with E-state index in [0.717, 1.165) is 45.6 Å². The van der Waals surface area contributed by atoms with E-state index in [2.05, 4.69) is 27.8 Å². The topological polar surface area (TPSA) is 73.5 Å². The van der Waals surface area contributed by atoms with Crippen molar-refractivity contribution in [3.8, 4) is 0 Å². The molecule has 3 N–H and O–H groups in total. The molecule has 0 radical (unpaired) electrons. The fourth-order valence-electron chi connectivity index (χ4n) is 4.06. The molecule has 0 saturated carbocycles. The Labute approximate surface area is 126 Å². The zero-order valence-electron chi connectivity index (χ0n) is 13.0. The van der Waals surface area contributed by atoms with Gasteiger partial charge in [-0.2, -0.15) is 0 Å². The molecular weight excluding hydrogens is 268 g/mol. The molecule has 3 aliphatic rings. The van der Waals surface area contributed by atoms with Gasteiger partial charge in [-0.1, -0.05) is 6.92 Å². The Balaban J connectivity index is 1.55. The van der Waals surface area contributed by atoms with E-state index in [1.54, 1.807) is 0 Å². The Morgan fingerprint density at radius 2 is 1.95 bits per heavy atom. The molecule has 3 fully saturated rings. The zero-order valence-corrected chi connectivity index (χ0v) is 13.0. The number of nitrogens with zero attached hydrogens (tertiary/aromatic N) is 1. The summed E-state index contributed by atoms with van der Waals surface area (Å²) in [5.74, 6) is 0.0626. The summed E-state index contributed by atoms with van der Waals surface area (Å²) in [7, 11) is 0. The predicted molar refractivity (Wildman–Crippen MR) is 79.8 cm³/mol. The van der Waals surface area contributed by atoms with E-state index in [0.29, 0.717) is 5.41 Å². The third-order valence-corrected chi connectivity index (χ3v) is 5.54. The minimum Gasteiger partial charge on any atom is -0.323 e. The lowest BCUT2D eigenvalue weighted by atomic mass is 9.78. The molecule has 6 heteroatoms. The number of urea groups is 1. The van der Waals surface area contributed by atoms with E-state index in [1.165, 1.54) is 6.42 Å². The number of rotatable bonds is 3. The highest BCUT2D eigenvalue weighted by Gasteiger charge is 2.48. The summed E-state index contributed by atoms with van der Waals surface area (Å²) in [6, 6.07) is -0.352. The van der Waals surface area contributed by atoms with Gasteiger partial charge in [-0.25, -0.2) is 4.79 Å². The number of nitrogens with one attached hydrogen (secondary N) is 3. The summed E-state index contributed by atoms with van der Waals surface area (Å²) in [6.45, 7) is 9.58. The lowest BCUT2D eigenvalue weighted by molar-refractivity contribution is -0.126. The van der Waals surface area contributed by atoms with Crippen LogP contribution in [0.4, 0.5) is 4.79 Å². The van der Waals surface area contributed by atoms with Crippen LogP contribution < -0.4 is 16.0 Å². The van der Waals surface area contributed by atoms with Gasteiger partial charge >= 0.3 is 6.03 Å². The number of amides is 3. The van der Waals surface area contributed by atoms with E-state index in [9.17, 15) is 9.59 Å². The molecule has 0 aromatic heterocycles. The number of hydrogen-bond donors (Lipinski definition) is 3. The van der Waals surface area contributed by atoms with Crippen molar-refractivity contribution in [1.29, 1.82) is 0 Å². The highest BCUT2D eigenvalue weighted by Crippen LogP contribution is 2.33. The molecule has 3 saturated heterocycles. The number of carbonyl (C=O) groups is 2. The lowest BCUT2D eigenvalue weighted by Gasteiger charge is -2.41. The summed E-state index contributed by atoms with van der Waals surface area (Å²) < 4.78 is 0. The van der Waals surface area contributed by atoms with Gasteiger partial charge in [0.05, 0.1) is 0 Å². The van der Waals surface area contributed by atoms with Gasteiger partial charge in [-0.3, -0.25) is 10.1 Å². The van der Waals surface area contributed by atoms with Crippen LogP contribution in [0.5, 0.6) is 0 Å². The Morgan fingerprint density at radius 3 is 2.48 bits per heavy atom. The van der Waals surface area contributed by atoms with Crippen LogP contribution in [0.2, 0.25) is 0 Å². The van der Waals surface area contributed by atoms with Gasteiger partial charge in [0.25, 0.3) is 5.91 Å². The standard InChI is InChI=1S/C15H26N4O2/c1-14(5-6-16-9-14)10-19-7-3-11(4-8-19)15(2)12(20)17-13(21)18-15/h11,16H,3-10H2,1-2H3,(H2,17,18,20,21). The Hall–Kier alpha value is -1.14. The van der Waals surface area contributed by atoms with Gasteiger partial charge in [0, 0.05) is 13.1 Å². The maximum atomic E-state index is 12.0. The van der Waals surface area contributed by atoms with Crippen molar-refractivity contribution in [1.82, 2.24) is 20.9 Å². The minimum absolute atomic E-state index is 0.169. The molecule has 118 valence electrons. The molecule has 0 spiro atoms. The van der Waals surface area contributed by atoms with E-state index < -0.39 is 5.54 Å². The second-order valence-corrected chi connectivity index (χ2v) is 7.40. The SMILES string of the molecule is CC1(CN2CCC(C3(C)NC(=O)NC3=O)CC2)CCNC1. The van der Waals surface area contributed by atoms with Crippen molar-refractivity contribution in [3.63, 3.8) is 0 Å². The molecule has 21 heavy (non-hydrogen) atoms. The molecule has 0 aromatic carbocycles. The number of imide groups is 1. The highest BCUT2D eigenvalue weighted by molar-refractivity contribution is 6.06. The van der Waals surface area contributed by atoms with E-state index >= 15 is 0 Å². The second kappa shape index (κ2) is 5.25. The van der Waals surface area contributed by atoms with Crippen molar-refractivity contribution in [2.24, 2.45) is 11.3 Å². The Kier molecular flexibility index (Phi) is 3.69. The van der Waals surface area contributed by atoms with Crippen molar-refractivity contribution >= 4 is 11.9 Å². The molecule has 0 aromatic rings. The maximum Gasteiger partial charge on any atom is 0.322 e.